The van der Waals surface area contributed by atoms with Crippen molar-refractivity contribution in [1.29, 1.82) is 0 Å². The molecule has 5 unspecified atom stereocenters. The summed E-state index contributed by atoms with van der Waals surface area (Å²) in [6.07, 6.45) is 6.63. The molecule has 0 radical (unpaired) electrons. The predicted molar refractivity (Wildman–Crippen MR) is 90.1 cm³/mol. The van der Waals surface area contributed by atoms with Crippen LogP contribution >= 0.6 is 0 Å². The number of hydrogen-bond acceptors (Lipinski definition) is 2. The minimum atomic E-state index is 0.264. The highest BCUT2D eigenvalue weighted by Crippen LogP contribution is 2.39. The van der Waals surface area contributed by atoms with Crippen molar-refractivity contribution >= 4 is 0 Å². The van der Waals surface area contributed by atoms with Gasteiger partial charge in [0.15, 0.2) is 0 Å². The van der Waals surface area contributed by atoms with Crippen molar-refractivity contribution in [2.45, 2.75) is 78.3 Å². The van der Waals surface area contributed by atoms with E-state index in [4.69, 9.17) is 0 Å². The Morgan fingerprint density at radius 1 is 1.15 bits per heavy atom. The zero-order valence-electron chi connectivity index (χ0n) is 15.0. The van der Waals surface area contributed by atoms with Crippen LogP contribution < -0.4 is 5.32 Å². The SMILES string of the molecule is CCCNC(C1CCC(C)C(C)C1)C(C)(CC)N(C)C. The van der Waals surface area contributed by atoms with Gasteiger partial charge in [0.1, 0.15) is 0 Å². The first kappa shape index (κ1) is 18.0. The summed E-state index contributed by atoms with van der Waals surface area (Å²) in [5.41, 5.74) is 0.264. The van der Waals surface area contributed by atoms with Gasteiger partial charge in [-0.3, -0.25) is 0 Å². The maximum atomic E-state index is 3.91. The summed E-state index contributed by atoms with van der Waals surface area (Å²) in [5, 5.41) is 3.91. The number of rotatable bonds is 7. The standard InChI is InChI=1S/C18H38N2/c1-8-12-19-17(18(5,9-2)20(6)7)16-11-10-14(3)15(4)13-16/h14-17,19H,8-13H2,1-7H3. The molecule has 0 spiro atoms. The molecule has 5 atom stereocenters. The topological polar surface area (TPSA) is 15.3 Å². The van der Waals surface area contributed by atoms with Gasteiger partial charge < -0.3 is 10.2 Å². The van der Waals surface area contributed by atoms with E-state index >= 15 is 0 Å². The van der Waals surface area contributed by atoms with Crippen molar-refractivity contribution < 1.29 is 0 Å². The van der Waals surface area contributed by atoms with Gasteiger partial charge in [-0.05, 0) is 71.0 Å². The van der Waals surface area contributed by atoms with E-state index in [1.54, 1.807) is 0 Å². The van der Waals surface area contributed by atoms with Crippen LogP contribution in [0, 0.1) is 17.8 Å². The van der Waals surface area contributed by atoms with E-state index in [0.29, 0.717) is 6.04 Å². The Bertz CT molecular complexity index is 277. The lowest BCUT2D eigenvalue weighted by atomic mass is 9.68. The Labute approximate surface area is 127 Å². The van der Waals surface area contributed by atoms with Gasteiger partial charge in [0.2, 0.25) is 0 Å². The van der Waals surface area contributed by atoms with Crippen molar-refractivity contribution in [1.82, 2.24) is 10.2 Å². The predicted octanol–water partition coefficient (Wildman–Crippen LogP) is 4.16. The van der Waals surface area contributed by atoms with Crippen LogP contribution in [0.15, 0.2) is 0 Å². The fourth-order valence-corrected chi connectivity index (χ4v) is 3.90. The highest BCUT2D eigenvalue weighted by atomic mass is 15.2. The van der Waals surface area contributed by atoms with Crippen LogP contribution in [0.4, 0.5) is 0 Å². The minimum Gasteiger partial charge on any atom is -0.312 e. The molecule has 0 aromatic carbocycles. The van der Waals surface area contributed by atoms with E-state index in [1.807, 2.05) is 0 Å². The number of nitrogens with zero attached hydrogens (tertiary/aromatic N) is 1. The number of likely N-dealkylation sites (N-methyl/N-ethyl adjacent to an activating group) is 1. The Hall–Kier alpha value is -0.0800. The Morgan fingerprint density at radius 3 is 2.25 bits per heavy atom. The molecule has 1 aliphatic rings. The molecule has 2 heteroatoms. The number of nitrogens with one attached hydrogen (secondary N) is 1. The van der Waals surface area contributed by atoms with E-state index in [9.17, 15) is 0 Å². The first-order chi connectivity index (χ1) is 9.36. The Kier molecular flexibility index (Phi) is 7.00. The van der Waals surface area contributed by atoms with E-state index in [-0.39, 0.29) is 5.54 Å². The summed E-state index contributed by atoms with van der Waals surface area (Å²) in [5.74, 6) is 2.62. The van der Waals surface area contributed by atoms with Crippen LogP contribution in [-0.2, 0) is 0 Å². The lowest BCUT2D eigenvalue weighted by molar-refractivity contribution is 0.0509. The largest absolute Gasteiger partial charge is 0.312 e. The fourth-order valence-electron chi connectivity index (χ4n) is 3.90. The normalized spacial score (nSPS) is 32.1. The monoisotopic (exact) mass is 282 g/mol. The van der Waals surface area contributed by atoms with Crippen LogP contribution in [0.25, 0.3) is 0 Å². The third kappa shape index (κ3) is 3.98. The van der Waals surface area contributed by atoms with E-state index < -0.39 is 0 Å². The molecule has 0 aromatic rings. The van der Waals surface area contributed by atoms with Crippen molar-refractivity contribution in [3.05, 3.63) is 0 Å². The van der Waals surface area contributed by atoms with Gasteiger partial charge in [0.05, 0.1) is 0 Å². The van der Waals surface area contributed by atoms with Gasteiger partial charge in [-0.2, -0.15) is 0 Å². The minimum absolute atomic E-state index is 0.264. The molecule has 0 bridgehead atoms. The second kappa shape index (κ2) is 7.79. The summed E-state index contributed by atoms with van der Waals surface area (Å²) in [6, 6.07) is 0.623. The van der Waals surface area contributed by atoms with Crippen LogP contribution in [0.3, 0.4) is 0 Å². The highest BCUT2D eigenvalue weighted by Gasteiger charge is 2.41. The molecule has 1 rings (SSSR count). The van der Waals surface area contributed by atoms with Crippen LogP contribution in [0.2, 0.25) is 0 Å². The lowest BCUT2D eigenvalue weighted by Gasteiger charge is -2.49. The molecule has 0 amide bonds. The maximum absolute atomic E-state index is 3.91. The highest BCUT2D eigenvalue weighted by molar-refractivity contribution is 4.99. The molecule has 120 valence electrons. The summed E-state index contributed by atoms with van der Waals surface area (Å²) in [6.45, 7) is 13.1. The van der Waals surface area contributed by atoms with Crippen molar-refractivity contribution in [3.63, 3.8) is 0 Å². The zero-order valence-corrected chi connectivity index (χ0v) is 15.0. The number of hydrogen-bond donors (Lipinski definition) is 1. The molecule has 0 aliphatic heterocycles. The summed E-state index contributed by atoms with van der Waals surface area (Å²) < 4.78 is 0. The van der Waals surface area contributed by atoms with Crippen LogP contribution in [-0.4, -0.2) is 37.1 Å². The third-order valence-electron chi connectivity index (χ3n) is 6.13. The van der Waals surface area contributed by atoms with Crippen LogP contribution in [0.5, 0.6) is 0 Å². The van der Waals surface area contributed by atoms with Gasteiger partial charge >= 0.3 is 0 Å². The quantitative estimate of drug-likeness (QED) is 0.754. The second-order valence-corrected chi connectivity index (χ2v) is 7.56. The summed E-state index contributed by atoms with van der Waals surface area (Å²) >= 11 is 0. The second-order valence-electron chi connectivity index (χ2n) is 7.56. The van der Waals surface area contributed by atoms with E-state index in [0.717, 1.165) is 24.3 Å². The molecule has 0 saturated heterocycles. The Morgan fingerprint density at radius 2 is 1.80 bits per heavy atom. The van der Waals surface area contributed by atoms with Crippen molar-refractivity contribution in [2.24, 2.45) is 17.8 Å². The molecule has 1 fully saturated rings. The molecule has 2 nitrogen and oxygen atoms in total. The first-order valence-corrected chi connectivity index (χ1v) is 8.77. The maximum Gasteiger partial charge on any atom is 0.0328 e. The summed E-state index contributed by atoms with van der Waals surface area (Å²) in [4.78, 5) is 2.45. The van der Waals surface area contributed by atoms with Crippen LogP contribution in [0.1, 0.15) is 66.7 Å². The van der Waals surface area contributed by atoms with Gasteiger partial charge in [0.25, 0.3) is 0 Å². The molecule has 0 aromatic heterocycles. The van der Waals surface area contributed by atoms with Gasteiger partial charge in [0, 0.05) is 11.6 Å². The Balaban J connectivity index is 2.88. The lowest BCUT2D eigenvalue weighted by Crippen LogP contribution is -2.60. The van der Waals surface area contributed by atoms with Gasteiger partial charge in [-0.15, -0.1) is 0 Å². The van der Waals surface area contributed by atoms with Gasteiger partial charge in [-0.1, -0.05) is 34.1 Å². The zero-order chi connectivity index (χ0) is 15.3. The van der Waals surface area contributed by atoms with E-state index in [2.05, 4.69) is 58.9 Å². The molecule has 1 N–H and O–H groups in total. The van der Waals surface area contributed by atoms with E-state index in [1.165, 1.54) is 32.1 Å². The molecule has 1 aliphatic carbocycles. The molecule has 20 heavy (non-hydrogen) atoms. The first-order valence-electron chi connectivity index (χ1n) is 8.77. The molecule has 0 heterocycles. The van der Waals surface area contributed by atoms with Gasteiger partial charge in [-0.25, -0.2) is 0 Å². The average molecular weight is 283 g/mol. The van der Waals surface area contributed by atoms with Crippen molar-refractivity contribution in [2.75, 3.05) is 20.6 Å². The molecular formula is C18H38N2. The molecular weight excluding hydrogens is 244 g/mol. The smallest absolute Gasteiger partial charge is 0.0328 e. The average Bonchev–Trinajstić information content (AvgIpc) is 2.42. The fraction of sp³-hybridized carbons (Fsp3) is 1.00. The molecule has 1 saturated carbocycles. The van der Waals surface area contributed by atoms with Crippen molar-refractivity contribution in [3.8, 4) is 0 Å². The summed E-state index contributed by atoms with van der Waals surface area (Å²) in [7, 11) is 4.50. The third-order valence-corrected chi connectivity index (χ3v) is 6.13.